The Hall–Kier alpha value is -2.29. The highest BCUT2D eigenvalue weighted by atomic mass is 16.1. The van der Waals surface area contributed by atoms with E-state index in [9.17, 15) is 4.79 Å². The maximum atomic E-state index is 12.1. The van der Waals surface area contributed by atoms with Crippen molar-refractivity contribution in [2.75, 3.05) is 17.2 Å². The maximum absolute atomic E-state index is 12.1. The topological polar surface area (TPSA) is 41.1 Å². The van der Waals surface area contributed by atoms with Crippen molar-refractivity contribution in [1.29, 1.82) is 0 Å². The van der Waals surface area contributed by atoms with Crippen molar-refractivity contribution >= 4 is 17.3 Å². The van der Waals surface area contributed by atoms with Gasteiger partial charge in [0, 0.05) is 24.3 Å². The third-order valence-corrected chi connectivity index (χ3v) is 4.14. The first-order valence-electron chi connectivity index (χ1n) is 8.17. The van der Waals surface area contributed by atoms with E-state index in [1.807, 2.05) is 32.0 Å². The lowest BCUT2D eigenvalue weighted by atomic mass is 10.0. The number of carbonyl (C=O) groups excluding carboxylic acids is 1. The molecule has 0 spiro atoms. The largest absolute Gasteiger partial charge is 0.385 e. The number of anilines is 2. The Morgan fingerprint density at radius 1 is 1.04 bits per heavy atom. The Morgan fingerprint density at radius 3 is 2.39 bits per heavy atom. The molecule has 0 aliphatic rings. The highest BCUT2D eigenvalue weighted by Crippen LogP contribution is 2.19. The SMILES string of the molecule is Cc1cccc(NC(=O)CCNc2ccc(C(C)C)cc2)c1C. The van der Waals surface area contributed by atoms with Gasteiger partial charge in [0.2, 0.25) is 5.91 Å². The molecule has 0 saturated carbocycles. The third kappa shape index (κ3) is 4.85. The number of aryl methyl sites for hydroxylation is 1. The van der Waals surface area contributed by atoms with Crippen LogP contribution in [0.4, 0.5) is 11.4 Å². The molecule has 0 aromatic heterocycles. The van der Waals surface area contributed by atoms with Crippen molar-refractivity contribution in [2.45, 2.75) is 40.0 Å². The van der Waals surface area contributed by atoms with Crippen molar-refractivity contribution in [3.8, 4) is 0 Å². The molecule has 0 fully saturated rings. The van der Waals surface area contributed by atoms with Gasteiger partial charge in [-0.15, -0.1) is 0 Å². The second-order valence-corrected chi connectivity index (χ2v) is 6.25. The molecule has 2 aromatic carbocycles. The number of carbonyl (C=O) groups is 1. The number of rotatable bonds is 6. The van der Waals surface area contributed by atoms with Gasteiger partial charge in [-0.1, -0.05) is 38.1 Å². The Balaban J connectivity index is 1.81. The predicted octanol–water partition coefficient (Wildman–Crippen LogP) is 4.87. The standard InChI is InChI=1S/C20H26N2O/c1-14(2)17-8-10-18(11-9-17)21-13-12-20(23)22-19-7-5-6-15(3)16(19)4/h5-11,14,21H,12-13H2,1-4H3,(H,22,23). The van der Waals surface area contributed by atoms with Crippen molar-refractivity contribution < 1.29 is 4.79 Å². The van der Waals surface area contributed by atoms with Crippen LogP contribution in [0.5, 0.6) is 0 Å². The van der Waals surface area contributed by atoms with Crippen LogP contribution in [0.2, 0.25) is 0 Å². The zero-order valence-electron chi connectivity index (χ0n) is 14.4. The van der Waals surface area contributed by atoms with Crippen LogP contribution in [-0.4, -0.2) is 12.5 Å². The van der Waals surface area contributed by atoms with Gasteiger partial charge in [-0.2, -0.15) is 0 Å². The molecule has 23 heavy (non-hydrogen) atoms. The molecule has 0 bridgehead atoms. The van der Waals surface area contributed by atoms with E-state index < -0.39 is 0 Å². The van der Waals surface area contributed by atoms with Gasteiger partial charge in [0.15, 0.2) is 0 Å². The molecule has 3 heteroatoms. The second kappa shape index (κ2) is 7.82. The van der Waals surface area contributed by atoms with Gasteiger partial charge in [-0.25, -0.2) is 0 Å². The van der Waals surface area contributed by atoms with Crippen LogP contribution in [0.1, 0.15) is 42.9 Å². The van der Waals surface area contributed by atoms with Crippen LogP contribution in [-0.2, 0) is 4.79 Å². The van der Waals surface area contributed by atoms with Gasteiger partial charge in [0.05, 0.1) is 0 Å². The Labute approximate surface area is 139 Å². The summed E-state index contributed by atoms with van der Waals surface area (Å²) in [5, 5.41) is 6.28. The maximum Gasteiger partial charge on any atom is 0.226 e. The predicted molar refractivity (Wildman–Crippen MR) is 98.2 cm³/mol. The summed E-state index contributed by atoms with van der Waals surface area (Å²) in [4.78, 5) is 12.1. The minimum absolute atomic E-state index is 0.0324. The van der Waals surface area contributed by atoms with E-state index in [-0.39, 0.29) is 5.91 Å². The number of benzene rings is 2. The lowest BCUT2D eigenvalue weighted by Gasteiger charge is -2.11. The molecule has 0 aliphatic heterocycles. The summed E-state index contributed by atoms with van der Waals surface area (Å²) in [7, 11) is 0. The van der Waals surface area contributed by atoms with E-state index in [4.69, 9.17) is 0 Å². The van der Waals surface area contributed by atoms with Crippen molar-refractivity contribution in [1.82, 2.24) is 0 Å². The van der Waals surface area contributed by atoms with Crippen LogP contribution in [0.15, 0.2) is 42.5 Å². The number of hydrogen-bond donors (Lipinski definition) is 2. The average molecular weight is 310 g/mol. The molecule has 2 N–H and O–H groups in total. The van der Waals surface area contributed by atoms with Gasteiger partial charge < -0.3 is 10.6 Å². The molecule has 2 rings (SSSR count). The zero-order chi connectivity index (χ0) is 16.8. The molecule has 0 heterocycles. The van der Waals surface area contributed by atoms with E-state index >= 15 is 0 Å². The fourth-order valence-corrected chi connectivity index (χ4v) is 2.41. The van der Waals surface area contributed by atoms with Gasteiger partial charge in [-0.3, -0.25) is 4.79 Å². The highest BCUT2D eigenvalue weighted by Gasteiger charge is 2.06. The molecule has 3 nitrogen and oxygen atoms in total. The molecular formula is C20H26N2O. The van der Waals surface area contributed by atoms with E-state index in [2.05, 4.69) is 48.7 Å². The fourth-order valence-electron chi connectivity index (χ4n) is 2.41. The number of nitrogens with one attached hydrogen (secondary N) is 2. The smallest absolute Gasteiger partial charge is 0.226 e. The Morgan fingerprint density at radius 2 is 1.74 bits per heavy atom. The molecule has 1 amide bonds. The molecule has 0 radical (unpaired) electrons. The second-order valence-electron chi connectivity index (χ2n) is 6.25. The van der Waals surface area contributed by atoms with Crippen molar-refractivity contribution in [3.05, 3.63) is 59.2 Å². The third-order valence-electron chi connectivity index (χ3n) is 4.14. The quantitative estimate of drug-likeness (QED) is 0.799. The number of hydrogen-bond acceptors (Lipinski definition) is 2. The minimum atomic E-state index is 0.0324. The first-order valence-corrected chi connectivity index (χ1v) is 8.17. The van der Waals surface area contributed by atoms with Crippen LogP contribution in [0.25, 0.3) is 0 Å². The first-order chi connectivity index (χ1) is 11.0. The number of amides is 1. The Kier molecular flexibility index (Phi) is 5.80. The lowest BCUT2D eigenvalue weighted by Crippen LogP contribution is -2.17. The first kappa shape index (κ1) is 17.1. The highest BCUT2D eigenvalue weighted by molar-refractivity contribution is 5.91. The average Bonchev–Trinajstić information content (AvgIpc) is 2.52. The van der Waals surface area contributed by atoms with E-state index in [1.165, 1.54) is 11.1 Å². The molecule has 0 saturated heterocycles. The van der Waals surface area contributed by atoms with E-state index in [0.29, 0.717) is 18.9 Å². The van der Waals surface area contributed by atoms with Crippen LogP contribution in [0, 0.1) is 13.8 Å². The van der Waals surface area contributed by atoms with Gasteiger partial charge in [0.1, 0.15) is 0 Å². The van der Waals surface area contributed by atoms with Gasteiger partial charge in [-0.05, 0) is 54.7 Å². The summed E-state index contributed by atoms with van der Waals surface area (Å²) < 4.78 is 0. The normalized spacial score (nSPS) is 10.7. The fraction of sp³-hybridized carbons (Fsp3) is 0.350. The molecule has 2 aromatic rings. The van der Waals surface area contributed by atoms with Crippen LogP contribution in [0.3, 0.4) is 0 Å². The monoisotopic (exact) mass is 310 g/mol. The Bertz CT molecular complexity index is 660. The van der Waals surface area contributed by atoms with E-state index in [0.717, 1.165) is 16.9 Å². The summed E-state index contributed by atoms with van der Waals surface area (Å²) in [6.07, 6.45) is 0.444. The minimum Gasteiger partial charge on any atom is -0.385 e. The summed E-state index contributed by atoms with van der Waals surface area (Å²) >= 11 is 0. The summed E-state index contributed by atoms with van der Waals surface area (Å²) in [5.41, 5.74) is 5.58. The summed E-state index contributed by atoms with van der Waals surface area (Å²) in [6.45, 7) is 9.06. The van der Waals surface area contributed by atoms with Gasteiger partial charge >= 0.3 is 0 Å². The van der Waals surface area contributed by atoms with Crippen LogP contribution < -0.4 is 10.6 Å². The molecule has 0 aliphatic carbocycles. The zero-order valence-corrected chi connectivity index (χ0v) is 14.4. The van der Waals surface area contributed by atoms with Crippen molar-refractivity contribution in [2.24, 2.45) is 0 Å². The molecule has 0 unspecified atom stereocenters. The van der Waals surface area contributed by atoms with E-state index in [1.54, 1.807) is 0 Å². The lowest BCUT2D eigenvalue weighted by molar-refractivity contribution is -0.115. The molecule has 122 valence electrons. The van der Waals surface area contributed by atoms with Gasteiger partial charge in [0.25, 0.3) is 0 Å². The van der Waals surface area contributed by atoms with Crippen LogP contribution >= 0.6 is 0 Å². The van der Waals surface area contributed by atoms with Crippen molar-refractivity contribution in [3.63, 3.8) is 0 Å². The molecule has 0 atom stereocenters. The summed E-state index contributed by atoms with van der Waals surface area (Å²) in [5.74, 6) is 0.567. The molecular weight excluding hydrogens is 284 g/mol. The summed E-state index contributed by atoms with van der Waals surface area (Å²) in [6, 6.07) is 14.3.